The molecule has 0 atom stereocenters. The van der Waals surface area contributed by atoms with Crippen LogP contribution in [0.15, 0.2) is 205 Å². The highest BCUT2D eigenvalue weighted by atomic mass is 15.0. The van der Waals surface area contributed by atoms with Gasteiger partial charge in [0.25, 0.3) is 0 Å². The first-order chi connectivity index (χ1) is 28.3. The minimum absolute atomic E-state index is 0.103. The lowest BCUT2D eigenvalue weighted by Gasteiger charge is -2.22. The fourth-order valence-electron chi connectivity index (χ4n) is 7.95. The summed E-state index contributed by atoms with van der Waals surface area (Å²) < 4.78 is 2.44. The van der Waals surface area contributed by atoms with Gasteiger partial charge >= 0.3 is 0 Å². The van der Waals surface area contributed by atoms with Crippen LogP contribution >= 0.6 is 0 Å². The van der Waals surface area contributed by atoms with Gasteiger partial charge in [0, 0.05) is 32.7 Å². The molecule has 2 N–H and O–H groups in total. The molecule has 0 fully saturated rings. The van der Waals surface area contributed by atoms with Crippen molar-refractivity contribution in [2.45, 2.75) is 39.7 Å². The largest absolute Gasteiger partial charge is 0.383 e. The van der Waals surface area contributed by atoms with E-state index < -0.39 is 0 Å². The molecule has 9 rings (SSSR count). The highest BCUT2D eigenvalue weighted by Gasteiger charge is 2.36. The number of hydrogen-bond acceptors (Lipinski definition) is 1. The summed E-state index contributed by atoms with van der Waals surface area (Å²) in [6.45, 7) is 15.9. The molecule has 1 heterocycles. The highest BCUT2D eigenvalue weighted by Crippen LogP contribution is 2.51. The number of fused-ring (bicyclic) bond motifs is 7. The predicted octanol–water partition coefficient (Wildman–Crippen LogP) is 13.5. The van der Waals surface area contributed by atoms with Crippen LogP contribution in [0.4, 0.5) is 0 Å². The summed E-state index contributed by atoms with van der Waals surface area (Å²) in [6.07, 6.45) is 7.33. The molecule has 0 spiro atoms. The monoisotopic (exact) mass is 754 g/mol. The van der Waals surface area contributed by atoms with Gasteiger partial charge in [0.05, 0.1) is 23.3 Å². The molecule has 1 aromatic heterocycles. The number of benzene rings is 7. The Morgan fingerprint density at radius 3 is 1.95 bits per heavy atom. The number of nitrogens with zero attached hydrogens (tertiary/aromatic N) is 3. The maximum atomic E-state index is 6.64. The Morgan fingerprint density at radius 2 is 1.26 bits per heavy atom. The van der Waals surface area contributed by atoms with E-state index in [0.29, 0.717) is 18.2 Å². The third kappa shape index (κ3) is 7.57. The number of rotatable bonds is 6. The van der Waals surface area contributed by atoms with Crippen molar-refractivity contribution >= 4 is 44.2 Å². The van der Waals surface area contributed by atoms with Crippen LogP contribution in [0.5, 0.6) is 0 Å². The average molecular weight is 755 g/mol. The van der Waals surface area contributed by atoms with Crippen LogP contribution in [0.2, 0.25) is 0 Å². The van der Waals surface area contributed by atoms with Gasteiger partial charge in [-0.2, -0.15) is 0 Å². The summed E-state index contributed by atoms with van der Waals surface area (Å²) in [5.41, 5.74) is 18.4. The summed E-state index contributed by atoms with van der Waals surface area (Å²) in [5.74, 6) is 1.04. The number of nitrogens with two attached hydrogens (primary N) is 1. The minimum atomic E-state index is -0.103. The van der Waals surface area contributed by atoms with Crippen molar-refractivity contribution in [2.24, 2.45) is 15.7 Å². The maximum absolute atomic E-state index is 6.64. The van der Waals surface area contributed by atoms with Gasteiger partial charge in [-0.25, -0.2) is 4.99 Å². The van der Waals surface area contributed by atoms with E-state index in [0.717, 1.165) is 33.2 Å². The van der Waals surface area contributed by atoms with Crippen molar-refractivity contribution in [1.29, 1.82) is 0 Å². The molecule has 0 aliphatic heterocycles. The Morgan fingerprint density at radius 1 is 0.638 bits per heavy atom. The molecule has 58 heavy (non-hydrogen) atoms. The van der Waals surface area contributed by atoms with E-state index in [4.69, 9.17) is 15.7 Å². The summed E-state index contributed by atoms with van der Waals surface area (Å²) in [7, 11) is 0. The zero-order valence-corrected chi connectivity index (χ0v) is 33.9. The van der Waals surface area contributed by atoms with Crippen molar-refractivity contribution in [3.05, 3.63) is 223 Å². The summed E-state index contributed by atoms with van der Waals surface area (Å²) in [5, 5.41) is 4.69. The van der Waals surface area contributed by atoms with Crippen LogP contribution in [0.3, 0.4) is 0 Å². The van der Waals surface area contributed by atoms with Crippen LogP contribution in [-0.2, 0) is 12.0 Å². The Balaban J connectivity index is 0.000000589. The average Bonchev–Trinajstić information content (AvgIpc) is 3.70. The molecule has 0 saturated carbocycles. The van der Waals surface area contributed by atoms with Crippen LogP contribution in [0, 0.1) is 0 Å². The van der Waals surface area contributed by atoms with E-state index in [2.05, 4.69) is 141 Å². The normalized spacial score (nSPS) is 13.0. The van der Waals surface area contributed by atoms with Crippen molar-refractivity contribution in [1.82, 2.24) is 4.57 Å². The first-order valence-electron chi connectivity index (χ1n) is 19.8. The van der Waals surface area contributed by atoms with E-state index in [1.54, 1.807) is 12.2 Å². The minimum Gasteiger partial charge on any atom is -0.383 e. The first kappa shape index (κ1) is 39.2. The second-order valence-corrected chi connectivity index (χ2v) is 14.8. The molecule has 8 aromatic rings. The van der Waals surface area contributed by atoms with Gasteiger partial charge in [0.15, 0.2) is 5.84 Å². The molecule has 0 bridgehead atoms. The lowest BCUT2D eigenvalue weighted by molar-refractivity contribution is 0.661. The van der Waals surface area contributed by atoms with Crippen molar-refractivity contribution < 1.29 is 0 Å². The second-order valence-electron chi connectivity index (χ2n) is 14.8. The third-order valence-electron chi connectivity index (χ3n) is 10.6. The molecule has 4 nitrogen and oxygen atoms in total. The molecular formula is C54H50N4. The number of allylic oxidation sites excluding steroid dienone is 4. The molecule has 286 valence electrons. The molecule has 1 aliphatic carbocycles. The van der Waals surface area contributed by atoms with Gasteiger partial charge < -0.3 is 10.3 Å². The number of amidine groups is 2. The number of aromatic nitrogens is 1. The topological polar surface area (TPSA) is 55.7 Å². The van der Waals surface area contributed by atoms with E-state index in [1.807, 2.05) is 74.5 Å². The lowest BCUT2D eigenvalue weighted by atomic mass is 9.82. The Hall–Kier alpha value is -7.04. The number of hydrogen-bond donors (Lipinski definition) is 1. The zero-order chi connectivity index (χ0) is 40.6. The Bertz CT molecular complexity index is 2840. The maximum Gasteiger partial charge on any atom is 0.157 e. The molecule has 7 aromatic carbocycles. The van der Waals surface area contributed by atoms with E-state index >= 15 is 0 Å². The third-order valence-corrected chi connectivity index (χ3v) is 10.6. The van der Waals surface area contributed by atoms with Crippen molar-refractivity contribution in [3.63, 3.8) is 0 Å². The second kappa shape index (κ2) is 17.4. The molecule has 1 aliphatic rings. The summed E-state index contributed by atoms with van der Waals surface area (Å²) >= 11 is 0. The van der Waals surface area contributed by atoms with E-state index in [-0.39, 0.29) is 5.41 Å². The quantitative estimate of drug-likeness (QED) is 0.0781. The summed E-state index contributed by atoms with van der Waals surface area (Å²) in [4.78, 5) is 10.1. The fraction of sp³-hybridized carbons (Fsp3) is 0.111. The highest BCUT2D eigenvalue weighted by molar-refractivity contribution is 6.18. The molecule has 0 saturated heterocycles. The van der Waals surface area contributed by atoms with Gasteiger partial charge in [-0.15, -0.1) is 6.58 Å². The molecule has 0 amide bonds. The SMILES string of the molecule is C=C/C=C\C.C=CC.CC1(C)c2ccccc2-c2cc3c4ccccc4n(-c4ccc(C(N=C(N)c5ccccc5)=NCc5ccccc5)c5ccccc45)c3cc21. The molecule has 0 radical (unpaired) electrons. The standard InChI is InChI=1S/C46H36N4.C5H8.C3H6/c1-46(2)39-23-13-11-20-33(39)37-27-38-35-22-12-14-24-41(35)50(43(38)28-40(37)46)42-26-25-36(32-19-9-10-21-34(32)42)45(48-29-30-15-5-3-6-16-30)49-44(47)31-17-7-4-8-18-31;1-3-5-4-2;1-3-2/h3-28H,29H2,1-2H3,(H2,47,48,49);3-5H,1H2,2H3;3H,1H2,2H3/b;5-4-;. The zero-order valence-electron chi connectivity index (χ0n) is 33.9. The number of aliphatic imine (C=N–C) groups is 2. The van der Waals surface area contributed by atoms with Gasteiger partial charge in [0.2, 0.25) is 0 Å². The van der Waals surface area contributed by atoms with Crippen molar-refractivity contribution in [3.8, 4) is 16.8 Å². The van der Waals surface area contributed by atoms with E-state index in [9.17, 15) is 0 Å². The van der Waals surface area contributed by atoms with Gasteiger partial charge in [0.1, 0.15) is 5.84 Å². The van der Waals surface area contributed by atoms with Crippen molar-refractivity contribution in [2.75, 3.05) is 0 Å². The Labute approximate surface area is 342 Å². The molecular weight excluding hydrogens is 705 g/mol. The summed E-state index contributed by atoms with van der Waals surface area (Å²) in [6, 6.07) is 55.6. The molecule has 0 unspecified atom stereocenters. The fourth-order valence-corrected chi connectivity index (χ4v) is 7.95. The van der Waals surface area contributed by atoms with Gasteiger partial charge in [-0.05, 0) is 77.4 Å². The van der Waals surface area contributed by atoms with Crippen LogP contribution in [-0.4, -0.2) is 16.2 Å². The van der Waals surface area contributed by atoms with Gasteiger partial charge in [-0.1, -0.05) is 172 Å². The predicted molar refractivity (Wildman–Crippen MR) is 251 cm³/mol. The van der Waals surface area contributed by atoms with Crippen LogP contribution < -0.4 is 5.73 Å². The van der Waals surface area contributed by atoms with Crippen LogP contribution in [0.25, 0.3) is 49.4 Å². The first-order valence-corrected chi connectivity index (χ1v) is 19.8. The van der Waals surface area contributed by atoms with E-state index in [1.165, 1.54) is 44.1 Å². The molecule has 4 heteroatoms. The smallest absolute Gasteiger partial charge is 0.157 e. The Kier molecular flexibility index (Phi) is 11.8. The number of para-hydroxylation sites is 1. The lowest BCUT2D eigenvalue weighted by Crippen LogP contribution is -2.16. The van der Waals surface area contributed by atoms with Crippen LogP contribution in [0.1, 0.15) is 55.5 Å². The van der Waals surface area contributed by atoms with Gasteiger partial charge in [-0.3, -0.25) is 4.99 Å².